The lowest BCUT2D eigenvalue weighted by molar-refractivity contribution is 0.0693. The molecule has 0 aliphatic rings. The molecule has 142 valence electrons. The molecule has 3 rings (SSSR count). The van der Waals surface area contributed by atoms with Gasteiger partial charge in [0, 0.05) is 22.1 Å². The third kappa shape index (κ3) is 3.56. The van der Waals surface area contributed by atoms with Gasteiger partial charge in [0.1, 0.15) is 11.3 Å². The van der Waals surface area contributed by atoms with Crippen molar-refractivity contribution in [3.8, 4) is 23.1 Å². The summed E-state index contributed by atoms with van der Waals surface area (Å²) in [5, 5.41) is 20.1. The Hall–Kier alpha value is -3.70. The van der Waals surface area contributed by atoms with E-state index in [0.717, 1.165) is 0 Å². The molecule has 7 nitrogen and oxygen atoms in total. The lowest BCUT2D eigenvalue weighted by atomic mass is 9.99. The average Bonchev–Trinajstić information content (AvgIpc) is 3.22. The van der Waals surface area contributed by atoms with Crippen LogP contribution in [0.4, 0.5) is 0 Å². The topological polar surface area (TPSA) is 113 Å². The second-order valence-electron chi connectivity index (χ2n) is 5.67. The molecule has 0 amide bonds. The van der Waals surface area contributed by atoms with Crippen LogP contribution >= 0.6 is 0 Å². The highest BCUT2D eigenvalue weighted by Crippen LogP contribution is 2.35. The maximum absolute atomic E-state index is 13.4. The van der Waals surface area contributed by atoms with Crippen LogP contribution in [0.5, 0.6) is 5.75 Å². The first-order valence-electron chi connectivity index (χ1n) is 8.07. The Balaban J connectivity index is 2.30. The first kappa shape index (κ1) is 19.1. The fourth-order valence-corrected chi connectivity index (χ4v) is 4.36. The summed E-state index contributed by atoms with van der Waals surface area (Å²) in [7, 11) is -1.83. The summed E-state index contributed by atoms with van der Waals surface area (Å²) < 4.78 is 26.1. The summed E-state index contributed by atoms with van der Waals surface area (Å²) in [6.07, 6.45) is 4.63. The second-order valence-corrected chi connectivity index (χ2v) is 7.79. The standard InChI is InChI=1S/C20H16N2O5S/c1-26-19-17(14-9-10-27-11-14)8-7-15(18(19)20(23)24)12-28(25,22-13-21)16-5-3-2-4-6-16/h2-12H,1H3,(H,22,25)(H,23,24). The Morgan fingerprint density at radius 1 is 1.25 bits per heavy atom. The maximum Gasteiger partial charge on any atom is 0.340 e. The Bertz CT molecular complexity index is 1160. The second kappa shape index (κ2) is 7.90. The Labute approximate surface area is 161 Å². The van der Waals surface area contributed by atoms with E-state index < -0.39 is 15.7 Å². The van der Waals surface area contributed by atoms with Gasteiger partial charge in [-0.05, 0) is 24.3 Å². The largest absolute Gasteiger partial charge is 0.495 e. The molecule has 0 aliphatic heterocycles. The number of rotatable bonds is 6. The molecule has 0 saturated carbocycles. The van der Waals surface area contributed by atoms with Gasteiger partial charge in [-0.25, -0.2) is 13.7 Å². The molecule has 0 bridgehead atoms. The van der Waals surface area contributed by atoms with Crippen molar-refractivity contribution in [3.63, 3.8) is 0 Å². The Kier molecular flexibility index (Phi) is 5.38. The first-order chi connectivity index (χ1) is 13.5. The van der Waals surface area contributed by atoms with Crippen molar-refractivity contribution in [2.75, 3.05) is 7.11 Å². The molecule has 1 atom stereocenters. The van der Waals surface area contributed by atoms with Gasteiger partial charge in [-0.1, -0.05) is 24.3 Å². The number of carboxylic acid groups (broad SMARTS) is 1. The van der Waals surface area contributed by atoms with Crippen molar-refractivity contribution >= 4 is 21.0 Å². The van der Waals surface area contributed by atoms with Crippen LogP contribution in [0.15, 0.2) is 70.4 Å². The number of hydrogen-bond acceptors (Lipinski definition) is 5. The fourth-order valence-electron chi connectivity index (χ4n) is 2.80. The molecule has 0 radical (unpaired) electrons. The number of carbonyl (C=O) groups is 1. The molecule has 0 spiro atoms. The highest BCUT2D eigenvalue weighted by molar-refractivity contribution is 8.00. The highest BCUT2D eigenvalue weighted by atomic mass is 32.2. The SMILES string of the molecule is COc1c(-c2ccoc2)ccc(C=S(=O)(NC#N)c2ccccc2)c1C(=O)O. The van der Waals surface area contributed by atoms with E-state index in [9.17, 15) is 14.1 Å². The summed E-state index contributed by atoms with van der Waals surface area (Å²) >= 11 is 0. The minimum atomic E-state index is -3.19. The summed E-state index contributed by atoms with van der Waals surface area (Å²) in [5.74, 6) is -1.14. The van der Waals surface area contributed by atoms with E-state index in [2.05, 4.69) is 4.72 Å². The zero-order valence-electron chi connectivity index (χ0n) is 14.8. The van der Waals surface area contributed by atoms with Crippen molar-refractivity contribution in [2.24, 2.45) is 0 Å². The van der Waals surface area contributed by atoms with Gasteiger partial charge in [-0.3, -0.25) is 0 Å². The molecule has 1 aromatic heterocycles. The van der Waals surface area contributed by atoms with Crippen molar-refractivity contribution < 1.29 is 23.3 Å². The van der Waals surface area contributed by atoms with E-state index in [4.69, 9.17) is 14.4 Å². The van der Waals surface area contributed by atoms with Crippen LogP contribution in [-0.2, 0) is 9.71 Å². The van der Waals surface area contributed by atoms with Gasteiger partial charge in [0.25, 0.3) is 0 Å². The molecule has 1 unspecified atom stereocenters. The zero-order valence-corrected chi connectivity index (χ0v) is 15.6. The predicted octanol–water partition coefficient (Wildman–Crippen LogP) is 3.13. The van der Waals surface area contributed by atoms with Gasteiger partial charge >= 0.3 is 5.97 Å². The molecule has 28 heavy (non-hydrogen) atoms. The molecular formula is C20H16N2O5S. The molecule has 3 aromatic rings. The average molecular weight is 396 g/mol. The van der Waals surface area contributed by atoms with Gasteiger partial charge in [-0.15, -0.1) is 0 Å². The van der Waals surface area contributed by atoms with E-state index in [1.807, 2.05) is 0 Å². The number of nitrogens with one attached hydrogen (secondary N) is 1. The van der Waals surface area contributed by atoms with Crippen molar-refractivity contribution in [1.82, 2.24) is 4.72 Å². The van der Waals surface area contributed by atoms with Crippen molar-refractivity contribution in [1.29, 1.82) is 5.26 Å². The van der Waals surface area contributed by atoms with Crippen LogP contribution < -0.4 is 9.46 Å². The summed E-state index contributed by atoms with van der Waals surface area (Å²) in [5.41, 5.74) is 1.16. The maximum atomic E-state index is 13.4. The van der Waals surface area contributed by atoms with Crippen LogP contribution in [0.3, 0.4) is 0 Å². The smallest absolute Gasteiger partial charge is 0.340 e. The Morgan fingerprint density at radius 3 is 2.57 bits per heavy atom. The number of aromatic carboxylic acids is 1. The van der Waals surface area contributed by atoms with Gasteiger partial charge in [0.2, 0.25) is 0 Å². The van der Waals surface area contributed by atoms with E-state index in [1.54, 1.807) is 48.7 Å². The minimum absolute atomic E-state index is 0.106. The van der Waals surface area contributed by atoms with E-state index in [-0.39, 0.29) is 16.9 Å². The number of methoxy groups -OCH3 is 1. The number of hydrogen-bond donors (Lipinski definition) is 2. The van der Waals surface area contributed by atoms with Gasteiger partial charge in [0.15, 0.2) is 6.19 Å². The number of benzene rings is 2. The molecule has 8 heteroatoms. The summed E-state index contributed by atoms with van der Waals surface area (Å²) in [6.45, 7) is 0. The molecule has 2 aromatic carbocycles. The fraction of sp³-hybridized carbons (Fsp3) is 0.0500. The normalized spacial score (nSPS) is 12.4. The van der Waals surface area contributed by atoms with Crippen LogP contribution in [0, 0.1) is 11.5 Å². The number of furan rings is 1. The lowest BCUT2D eigenvalue weighted by Gasteiger charge is -2.15. The third-order valence-corrected chi connectivity index (χ3v) is 5.98. The van der Waals surface area contributed by atoms with Gasteiger partial charge in [0.05, 0.1) is 34.2 Å². The van der Waals surface area contributed by atoms with Crippen LogP contribution in [0.1, 0.15) is 15.9 Å². The molecular weight excluding hydrogens is 380 g/mol. The zero-order chi connectivity index (χ0) is 20.1. The number of carboxylic acids is 1. The molecule has 2 N–H and O–H groups in total. The number of nitrogens with zero attached hydrogens (tertiary/aromatic N) is 1. The van der Waals surface area contributed by atoms with Crippen molar-refractivity contribution in [3.05, 3.63) is 72.2 Å². The predicted molar refractivity (Wildman–Crippen MR) is 104 cm³/mol. The number of nitriles is 1. The van der Waals surface area contributed by atoms with Crippen molar-refractivity contribution in [2.45, 2.75) is 4.90 Å². The summed E-state index contributed by atoms with van der Waals surface area (Å²) in [6, 6.07) is 13.2. The highest BCUT2D eigenvalue weighted by Gasteiger charge is 2.22. The molecule has 0 saturated heterocycles. The minimum Gasteiger partial charge on any atom is -0.495 e. The van der Waals surface area contributed by atoms with Crippen LogP contribution in [0.2, 0.25) is 0 Å². The monoisotopic (exact) mass is 396 g/mol. The van der Waals surface area contributed by atoms with Crippen LogP contribution in [0.25, 0.3) is 11.1 Å². The quantitative estimate of drug-likeness (QED) is 0.376. The van der Waals surface area contributed by atoms with E-state index >= 15 is 0 Å². The molecule has 1 heterocycles. The van der Waals surface area contributed by atoms with Gasteiger partial charge in [-0.2, -0.15) is 5.26 Å². The van der Waals surface area contributed by atoms with Crippen LogP contribution in [-0.4, -0.2) is 27.8 Å². The third-order valence-electron chi connectivity index (χ3n) is 4.02. The lowest BCUT2D eigenvalue weighted by Crippen LogP contribution is -2.22. The first-order valence-corrected chi connectivity index (χ1v) is 9.69. The Morgan fingerprint density at radius 2 is 2.00 bits per heavy atom. The number of ether oxygens (including phenoxy) is 1. The van der Waals surface area contributed by atoms with Gasteiger partial charge < -0.3 is 14.3 Å². The van der Waals surface area contributed by atoms with E-state index in [0.29, 0.717) is 16.0 Å². The molecule has 0 aliphatic carbocycles. The van der Waals surface area contributed by atoms with E-state index in [1.165, 1.54) is 31.1 Å². The summed E-state index contributed by atoms with van der Waals surface area (Å²) in [4.78, 5) is 12.4. The molecule has 0 fully saturated rings.